The monoisotopic (exact) mass is 270 g/mol. The average Bonchev–Trinajstić information content (AvgIpc) is 2.43. The molecule has 0 saturated carbocycles. The molecule has 2 aliphatic heterocycles. The van der Waals surface area contributed by atoms with Crippen molar-refractivity contribution in [1.29, 1.82) is 0 Å². The highest BCUT2D eigenvalue weighted by molar-refractivity contribution is 5.76. The van der Waals surface area contributed by atoms with Gasteiger partial charge in [-0.2, -0.15) is 0 Å². The van der Waals surface area contributed by atoms with Crippen LogP contribution < -0.4 is 0 Å². The first-order chi connectivity index (χ1) is 9.16. The SMILES string of the molecule is CC1CN(CCCC(=O)N2CCOCC2)CCC1O. The Balaban J connectivity index is 1.62. The van der Waals surface area contributed by atoms with E-state index in [0.29, 0.717) is 25.6 Å². The van der Waals surface area contributed by atoms with Crippen molar-refractivity contribution in [3.8, 4) is 0 Å². The minimum atomic E-state index is -0.147. The molecule has 0 aromatic heterocycles. The van der Waals surface area contributed by atoms with E-state index < -0.39 is 0 Å². The van der Waals surface area contributed by atoms with Gasteiger partial charge in [0.15, 0.2) is 0 Å². The van der Waals surface area contributed by atoms with Gasteiger partial charge in [-0.1, -0.05) is 6.92 Å². The van der Waals surface area contributed by atoms with Crippen molar-refractivity contribution in [2.45, 2.75) is 32.3 Å². The first-order valence-corrected chi connectivity index (χ1v) is 7.43. The quantitative estimate of drug-likeness (QED) is 0.800. The Hall–Kier alpha value is -0.650. The van der Waals surface area contributed by atoms with Crippen LogP contribution in [0.15, 0.2) is 0 Å². The minimum absolute atomic E-state index is 0.147. The minimum Gasteiger partial charge on any atom is -0.393 e. The van der Waals surface area contributed by atoms with Gasteiger partial charge in [0.25, 0.3) is 0 Å². The molecule has 0 aliphatic carbocycles. The van der Waals surface area contributed by atoms with E-state index in [4.69, 9.17) is 4.74 Å². The number of nitrogens with zero attached hydrogens (tertiary/aromatic N) is 2. The second-order valence-corrected chi connectivity index (χ2v) is 5.73. The first kappa shape index (κ1) is 14.8. The third-order valence-electron chi connectivity index (χ3n) is 4.17. The first-order valence-electron chi connectivity index (χ1n) is 7.43. The fourth-order valence-corrected chi connectivity index (χ4v) is 2.85. The zero-order valence-electron chi connectivity index (χ0n) is 11.9. The summed E-state index contributed by atoms with van der Waals surface area (Å²) in [7, 11) is 0. The van der Waals surface area contributed by atoms with Gasteiger partial charge < -0.3 is 19.6 Å². The van der Waals surface area contributed by atoms with Gasteiger partial charge in [0.1, 0.15) is 0 Å². The smallest absolute Gasteiger partial charge is 0.222 e. The molecule has 2 rings (SSSR count). The summed E-state index contributed by atoms with van der Waals surface area (Å²) in [6, 6.07) is 0. The molecule has 0 aromatic carbocycles. The molecule has 19 heavy (non-hydrogen) atoms. The Morgan fingerprint density at radius 1 is 1.32 bits per heavy atom. The summed E-state index contributed by atoms with van der Waals surface area (Å²) < 4.78 is 5.25. The largest absolute Gasteiger partial charge is 0.393 e. The number of aliphatic hydroxyl groups is 1. The third-order valence-corrected chi connectivity index (χ3v) is 4.17. The maximum atomic E-state index is 12.0. The van der Waals surface area contributed by atoms with E-state index in [0.717, 1.165) is 45.6 Å². The van der Waals surface area contributed by atoms with Gasteiger partial charge in [-0.25, -0.2) is 0 Å². The number of ether oxygens (including phenoxy) is 1. The summed E-state index contributed by atoms with van der Waals surface area (Å²) in [5.41, 5.74) is 0. The molecule has 1 N–H and O–H groups in total. The fraction of sp³-hybridized carbons (Fsp3) is 0.929. The van der Waals surface area contributed by atoms with Crippen molar-refractivity contribution in [3.05, 3.63) is 0 Å². The highest BCUT2D eigenvalue weighted by Crippen LogP contribution is 2.16. The average molecular weight is 270 g/mol. The number of amides is 1. The number of rotatable bonds is 4. The van der Waals surface area contributed by atoms with Crippen LogP contribution in [0.2, 0.25) is 0 Å². The van der Waals surface area contributed by atoms with Crippen molar-refractivity contribution >= 4 is 5.91 Å². The van der Waals surface area contributed by atoms with Crippen molar-refractivity contribution in [2.75, 3.05) is 45.9 Å². The number of aliphatic hydroxyl groups excluding tert-OH is 1. The van der Waals surface area contributed by atoms with Crippen LogP contribution in [0.25, 0.3) is 0 Å². The van der Waals surface area contributed by atoms with E-state index in [-0.39, 0.29) is 12.0 Å². The molecule has 110 valence electrons. The number of hydrogen-bond donors (Lipinski definition) is 1. The topological polar surface area (TPSA) is 53.0 Å². The second kappa shape index (κ2) is 7.22. The van der Waals surface area contributed by atoms with Crippen LogP contribution in [0.3, 0.4) is 0 Å². The van der Waals surface area contributed by atoms with Gasteiger partial charge in [-0.05, 0) is 25.3 Å². The number of hydrogen-bond acceptors (Lipinski definition) is 4. The van der Waals surface area contributed by atoms with Crippen LogP contribution in [-0.2, 0) is 9.53 Å². The van der Waals surface area contributed by atoms with Gasteiger partial charge >= 0.3 is 0 Å². The Bertz CT molecular complexity index is 292. The molecular formula is C14H26N2O3. The van der Waals surface area contributed by atoms with E-state index in [1.165, 1.54) is 0 Å². The zero-order chi connectivity index (χ0) is 13.7. The summed E-state index contributed by atoms with van der Waals surface area (Å²) in [6.45, 7) is 7.80. The molecule has 2 aliphatic rings. The molecule has 5 nitrogen and oxygen atoms in total. The summed E-state index contributed by atoms with van der Waals surface area (Å²) >= 11 is 0. The summed E-state index contributed by atoms with van der Waals surface area (Å²) in [6.07, 6.45) is 2.26. The van der Waals surface area contributed by atoms with E-state index >= 15 is 0 Å². The van der Waals surface area contributed by atoms with Gasteiger partial charge in [-0.3, -0.25) is 4.79 Å². The van der Waals surface area contributed by atoms with Crippen LogP contribution in [0.1, 0.15) is 26.2 Å². The number of piperidine rings is 1. The molecule has 1 amide bonds. The van der Waals surface area contributed by atoms with Gasteiger partial charge in [-0.15, -0.1) is 0 Å². The maximum Gasteiger partial charge on any atom is 0.222 e. The van der Waals surface area contributed by atoms with Crippen molar-refractivity contribution in [3.63, 3.8) is 0 Å². The van der Waals surface area contributed by atoms with Crippen LogP contribution in [0.5, 0.6) is 0 Å². The molecule has 2 fully saturated rings. The maximum absolute atomic E-state index is 12.0. The van der Waals surface area contributed by atoms with Gasteiger partial charge in [0.2, 0.25) is 5.91 Å². The van der Waals surface area contributed by atoms with Crippen molar-refractivity contribution < 1.29 is 14.6 Å². The summed E-state index contributed by atoms with van der Waals surface area (Å²) in [4.78, 5) is 16.2. The Morgan fingerprint density at radius 2 is 2.05 bits per heavy atom. The molecule has 2 unspecified atom stereocenters. The van der Waals surface area contributed by atoms with Crippen LogP contribution in [0, 0.1) is 5.92 Å². The lowest BCUT2D eigenvalue weighted by Crippen LogP contribution is -2.43. The fourth-order valence-electron chi connectivity index (χ4n) is 2.85. The van der Waals surface area contributed by atoms with Crippen molar-refractivity contribution in [1.82, 2.24) is 9.80 Å². The van der Waals surface area contributed by atoms with Crippen LogP contribution in [-0.4, -0.2) is 72.9 Å². The molecule has 2 heterocycles. The predicted octanol–water partition coefficient (Wildman–Crippen LogP) is 0.328. The Kier molecular flexibility index (Phi) is 5.60. The number of carbonyl (C=O) groups is 1. The Labute approximate surface area is 115 Å². The highest BCUT2D eigenvalue weighted by atomic mass is 16.5. The highest BCUT2D eigenvalue weighted by Gasteiger charge is 2.24. The molecule has 2 atom stereocenters. The standard InChI is InChI=1S/C14H26N2O3/c1-12-11-15(6-4-13(12)17)5-2-3-14(18)16-7-9-19-10-8-16/h12-13,17H,2-11H2,1H3. The molecular weight excluding hydrogens is 244 g/mol. The van der Waals surface area contributed by atoms with Gasteiger partial charge in [0, 0.05) is 32.6 Å². The number of carbonyl (C=O) groups excluding carboxylic acids is 1. The van der Waals surface area contributed by atoms with Gasteiger partial charge in [0.05, 0.1) is 19.3 Å². The number of likely N-dealkylation sites (tertiary alicyclic amines) is 1. The molecule has 0 bridgehead atoms. The molecule has 0 aromatic rings. The lowest BCUT2D eigenvalue weighted by molar-refractivity contribution is -0.135. The third kappa shape index (κ3) is 4.44. The lowest BCUT2D eigenvalue weighted by Gasteiger charge is -2.34. The second-order valence-electron chi connectivity index (χ2n) is 5.73. The molecule has 0 radical (unpaired) electrons. The van der Waals surface area contributed by atoms with E-state index in [2.05, 4.69) is 11.8 Å². The van der Waals surface area contributed by atoms with Crippen LogP contribution in [0.4, 0.5) is 0 Å². The normalized spacial score (nSPS) is 29.5. The molecule has 5 heteroatoms. The Morgan fingerprint density at radius 3 is 2.74 bits per heavy atom. The summed E-state index contributed by atoms with van der Waals surface area (Å²) in [5, 5.41) is 9.68. The van der Waals surface area contributed by atoms with Crippen LogP contribution >= 0.6 is 0 Å². The molecule has 2 saturated heterocycles. The summed E-state index contributed by atoms with van der Waals surface area (Å²) in [5.74, 6) is 0.608. The lowest BCUT2D eigenvalue weighted by atomic mass is 9.96. The van der Waals surface area contributed by atoms with Crippen molar-refractivity contribution in [2.24, 2.45) is 5.92 Å². The number of morpholine rings is 1. The van der Waals surface area contributed by atoms with E-state index in [1.54, 1.807) is 0 Å². The van der Waals surface area contributed by atoms with E-state index in [9.17, 15) is 9.90 Å². The zero-order valence-corrected chi connectivity index (χ0v) is 11.9. The van der Waals surface area contributed by atoms with E-state index in [1.807, 2.05) is 4.90 Å². The molecule has 0 spiro atoms. The predicted molar refractivity (Wildman–Crippen MR) is 72.9 cm³/mol.